The van der Waals surface area contributed by atoms with Crippen molar-refractivity contribution in [3.63, 3.8) is 0 Å². The summed E-state index contributed by atoms with van der Waals surface area (Å²) in [7, 11) is 1.84. The molecule has 57 heavy (non-hydrogen) atoms. The Morgan fingerprint density at radius 1 is 0.912 bits per heavy atom. The topological polar surface area (TPSA) is 183 Å². The number of amides is 5. The molecular weight excluding hydrogens is 749 g/mol. The van der Waals surface area contributed by atoms with E-state index < -0.39 is 29.7 Å². The Morgan fingerprint density at radius 3 is 2.47 bits per heavy atom. The van der Waals surface area contributed by atoms with E-state index in [2.05, 4.69) is 35.7 Å². The second-order valence-electron chi connectivity index (χ2n) is 14.4. The Morgan fingerprint density at radius 2 is 1.72 bits per heavy atom. The van der Waals surface area contributed by atoms with Crippen molar-refractivity contribution < 1.29 is 24.0 Å². The third-order valence-electron chi connectivity index (χ3n) is 11.2. The Hall–Kier alpha value is -6.74. The molecule has 0 bridgehead atoms. The van der Waals surface area contributed by atoms with E-state index in [1.807, 2.05) is 35.0 Å². The molecule has 4 aromatic heterocycles. The number of nitrogens with zero attached hydrogens (tertiary/aromatic N) is 10. The van der Waals surface area contributed by atoms with Crippen molar-refractivity contribution in [2.75, 3.05) is 61.4 Å². The van der Waals surface area contributed by atoms with Crippen LogP contribution in [0.15, 0.2) is 54.9 Å². The summed E-state index contributed by atoms with van der Waals surface area (Å²) in [6.45, 7) is 10.7. The molecule has 4 aliphatic rings. The van der Waals surface area contributed by atoms with Crippen LogP contribution in [-0.4, -0.2) is 116 Å². The predicted molar refractivity (Wildman–Crippen MR) is 210 cm³/mol. The van der Waals surface area contributed by atoms with Gasteiger partial charge in [-0.3, -0.25) is 39.2 Å². The highest BCUT2D eigenvalue weighted by Gasteiger charge is 2.46. The lowest BCUT2D eigenvalue weighted by molar-refractivity contribution is -0.137. The molecule has 4 aliphatic heterocycles. The highest BCUT2D eigenvalue weighted by molar-refractivity contribution is 7.18. The van der Waals surface area contributed by atoms with Crippen molar-refractivity contribution in [2.45, 2.75) is 31.7 Å². The van der Waals surface area contributed by atoms with E-state index in [0.29, 0.717) is 63.5 Å². The molecule has 2 N–H and O–H groups in total. The van der Waals surface area contributed by atoms with E-state index in [4.69, 9.17) is 11.6 Å². The number of carbonyl (C=O) groups excluding carboxylic acids is 5. The first-order valence-corrected chi connectivity index (χ1v) is 19.5. The highest BCUT2D eigenvalue weighted by atomic mass is 32.1. The van der Waals surface area contributed by atoms with Gasteiger partial charge in [0.25, 0.3) is 11.8 Å². The zero-order valence-corrected chi connectivity index (χ0v) is 31.7. The van der Waals surface area contributed by atoms with Gasteiger partial charge in [0, 0.05) is 70.5 Å². The van der Waals surface area contributed by atoms with Gasteiger partial charge in [-0.2, -0.15) is 5.10 Å². The van der Waals surface area contributed by atoms with Crippen LogP contribution in [0.25, 0.3) is 32.3 Å². The standard InChI is InChI=1S/C39H36N12O5S/c1-40-23-18-24-6-7-29(51(24)43-20-23)28-19-27(41-2)26(21-42-28)35-45-46-39(57-35)49-16-14-48(15-17-49)36(54)22-10-12-47(13-11-22)30-5-3-4-25-33(30)38(56)50(37(25)55)31-8-9-32(52)44-34(31)53/h3-7,18-22,31H,8-17H2,2H3,(H,41,42)(H,44,52,53). The first-order chi connectivity index (χ1) is 27.7. The number of benzene rings is 1. The summed E-state index contributed by atoms with van der Waals surface area (Å²) in [6, 6.07) is 11.7. The molecule has 18 heteroatoms. The molecule has 5 aromatic rings. The highest BCUT2D eigenvalue weighted by Crippen LogP contribution is 2.38. The minimum absolute atomic E-state index is 0.0579. The van der Waals surface area contributed by atoms with Gasteiger partial charge < -0.3 is 20.0 Å². The number of carbonyl (C=O) groups is 5. The molecule has 0 aliphatic carbocycles. The maximum Gasteiger partial charge on any atom is 0.264 e. The summed E-state index contributed by atoms with van der Waals surface area (Å²) >= 11 is 1.47. The fraction of sp³-hybridized carbons (Fsp3) is 0.333. The molecule has 9 rings (SSSR count). The quantitative estimate of drug-likeness (QED) is 0.181. The number of hydrogen-bond donors (Lipinski definition) is 2. The maximum atomic E-state index is 13.7. The third kappa shape index (κ3) is 6.29. The normalized spacial score (nSPS) is 18.9. The molecule has 5 amide bonds. The molecule has 3 saturated heterocycles. The van der Waals surface area contributed by atoms with Crippen LogP contribution >= 0.6 is 11.3 Å². The van der Waals surface area contributed by atoms with Crippen LogP contribution in [0, 0.1) is 12.5 Å². The largest absolute Gasteiger partial charge is 0.387 e. The molecule has 0 spiro atoms. The predicted octanol–water partition coefficient (Wildman–Crippen LogP) is 3.47. The van der Waals surface area contributed by atoms with E-state index in [-0.39, 0.29) is 35.8 Å². The minimum atomic E-state index is -1.03. The summed E-state index contributed by atoms with van der Waals surface area (Å²) in [4.78, 5) is 80.2. The summed E-state index contributed by atoms with van der Waals surface area (Å²) in [6.07, 6.45) is 4.67. The monoisotopic (exact) mass is 784 g/mol. The summed E-state index contributed by atoms with van der Waals surface area (Å²) in [5, 5.41) is 20.4. The van der Waals surface area contributed by atoms with E-state index in [1.165, 1.54) is 17.5 Å². The second-order valence-corrected chi connectivity index (χ2v) is 15.3. The van der Waals surface area contributed by atoms with Gasteiger partial charge in [0.2, 0.25) is 28.5 Å². The third-order valence-corrected chi connectivity index (χ3v) is 12.2. The van der Waals surface area contributed by atoms with Crippen LogP contribution in [-0.2, 0) is 14.4 Å². The zero-order chi connectivity index (χ0) is 39.4. The molecule has 0 saturated carbocycles. The number of hydrogen-bond acceptors (Lipinski definition) is 13. The second kappa shape index (κ2) is 14.4. The molecule has 8 heterocycles. The fourth-order valence-corrected chi connectivity index (χ4v) is 9.09. The number of imide groups is 2. The number of fused-ring (bicyclic) bond motifs is 2. The zero-order valence-electron chi connectivity index (χ0n) is 30.8. The lowest BCUT2D eigenvalue weighted by atomic mass is 9.93. The average Bonchev–Trinajstić information content (AvgIpc) is 3.97. The fourth-order valence-electron chi connectivity index (χ4n) is 8.17. The Kier molecular flexibility index (Phi) is 9.08. The van der Waals surface area contributed by atoms with Gasteiger partial charge in [-0.25, -0.2) is 9.36 Å². The number of rotatable bonds is 7. The first-order valence-electron chi connectivity index (χ1n) is 18.7. The van der Waals surface area contributed by atoms with E-state index in [1.54, 1.807) is 35.0 Å². The van der Waals surface area contributed by atoms with Crippen molar-refractivity contribution in [3.05, 3.63) is 77.4 Å². The Balaban J connectivity index is 0.814. The van der Waals surface area contributed by atoms with Crippen molar-refractivity contribution in [1.82, 2.24) is 39.9 Å². The minimum Gasteiger partial charge on any atom is -0.387 e. The lowest BCUT2D eigenvalue weighted by Gasteiger charge is -2.39. The number of pyridine rings is 1. The van der Waals surface area contributed by atoms with E-state index >= 15 is 0 Å². The van der Waals surface area contributed by atoms with Gasteiger partial charge in [0.1, 0.15) is 6.04 Å². The summed E-state index contributed by atoms with van der Waals surface area (Å²) in [5.41, 5.74) is 5.59. The van der Waals surface area contributed by atoms with Crippen LogP contribution < -0.4 is 20.4 Å². The molecule has 3 fully saturated rings. The first kappa shape index (κ1) is 35.9. The van der Waals surface area contributed by atoms with Gasteiger partial charge in [0.15, 0.2) is 5.01 Å². The smallest absolute Gasteiger partial charge is 0.264 e. The van der Waals surface area contributed by atoms with Crippen LogP contribution in [0.2, 0.25) is 0 Å². The number of piperidine rings is 2. The molecule has 1 unspecified atom stereocenters. The Labute approximate surface area is 330 Å². The molecule has 17 nitrogen and oxygen atoms in total. The van der Waals surface area contributed by atoms with Crippen molar-refractivity contribution >= 4 is 68.6 Å². The maximum absolute atomic E-state index is 13.7. The SMILES string of the molecule is [C-]#[N+]c1cnn2c(-c3cc(NC)c(-c4nnc(N5CCN(C(=O)C6CCN(c7cccc8c7C(=O)N(C7CCC(=O)NC7=O)C8=O)CC6)CC5)s4)cn3)ccc2c1. The van der Waals surface area contributed by atoms with Crippen molar-refractivity contribution in [1.29, 1.82) is 0 Å². The van der Waals surface area contributed by atoms with Gasteiger partial charge >= 0.3 is 0 Å². The van der Waals surface area contributed by atoms with Crippen LogP contribution in [0.4, 0.5) is 22.2 Å². The van der Waals surface area contributed by atoms with Gasteiger partial charge in [-0.1, -0.05) is 17.4 Å². The van der Waals surface area contributed by atoms with Crippen LogP contribution in [0.5, 0.6) is 0 Å². The molecular formula is C39H36N12O5S. The molecule has 0 radical (unpaired) electrons. The van der Waals surface area contributed by atoms with Crippen LogP contribution in [0.1, 0.15) is 46.4 Å². The number of nitrogens with one attached hydrogen (secondary N) is 2. The van der Waals surface area contributed by atoms with Gasteiger partial charge in [-0.05, 0) is 55.7 Å². The number of piperazine rings is 1. The molecule has 288 valence electrons. The molecule has 1 atom stereocenters. The van der Waals surface area contributed by atoms with Gasteiger partial charge in [0.05, 0.1) is 52.1 Å². The van der Waals surface area contributed by atoms with Crippen LogP contribution in [0.3, 0.4) is 0 Å². The lowest BCUT2D eigenvalue weighted by Crippen LogP contribution is -2.54. The number of aromatic nitrogens is 5. The van der Waals surface area contributed by atoms with E-state index in [9.17, 15) is 24.0 Å². The average molecular weight is 785 g/mol. The van der Waals surface area contributed by atoms with Gasteiger partial charge in [-0.15, -0.1) is 10.2 Å². The number of anilines is 3. The molecule has 1 aromatic carbocycles. The Bertz CT molecular complexity index is 2530. The van der Waals surface area contributed by atoms with Crippen molar-refractivity contribution in [2.24, 2.45) is 5.92 Å². The summed E-state index contributed by atoms with van der Waals surface area (Å²) in [5.74, 6) is -2.18. The summed E-state index contributed by atoms with van der Waals surface area (Å²) < 4.78 is 1.76. The van der Waals surface area contributed by atoms with E-state index in [0.717, 1.165) is 43.2 Å². The van der Waals surface area contributed by atoms with Crippen molar-refractivity contribution in [3.8, 4) is 22.0 Å².